The molecule has 32 heavy (non-hydrogen) atoms. The zero-order valence-corrected chi connectivity index (χ0v) is 20.3. The van der Waals surface area contributed by atoms with Crippen LogP contribution in [0.3, 0.4) is 0 Å². The van der Waals surface area contributed by atoms with Crippen molar-refractivity contribution in [2.75, 3.05) is 49.5 Å². The highest BCUT2D eigenvalue weighted by atomic mass is 35.5. The number of hydrogen-bond acceptors (Lipinski definition) is 4. The minimum atomic E-state index is 0.620. The first kappa shape index (κ1) is 22.8. The van der Waals surface area contributed by atoms with Crippen molar-refractivity contribution in [1.82, 2.24) is 15.2 Å². The molecule has 0 saturated carbocycles. The summed E-state index contributed by atoms with van der Waals surface area (Å²) in [5.41, 5.74) is 4.44. The molecule has 2 aromatic carbocycles. The highest BCUT2D eigenvalue weighted by Gasteiger charge is 2.17. The lowest BCUT2D eigenvalue weighted by Gasteiger charge is -2.35. The number of anilines is 2. The van der Waals surface area contributed by atoms with Crippen LogP contribution in [0.25, 0.3) is 10.9 Å². The van der Waals surface area contributed by atoms with Gasteiger partial charge in [0.2, 0.25) is 0 Å². The molecular formula is C25H30ClN5S. The van der Waals surface area contributed by atoms with E-state index in [0.717, 1.165) is 73.1 Å². The van der Waals surface area contributed by atoms with E-state index in [1.165, 1.54) is 11.1 Å². The van der Waals surface area contributed by atoms with Crippen LogP contribution in [0.5, 0.6) is 0 Å². The largest absolute Gasteiger partial charge is 0.362 e. The third-order valence-corrected chi connectivity index (χ3v) is 6.51. The fourth-order valence-electron chi connectivity index (χ4n) is 4.06. The molecule has 0 radical (unpaired) electrons. The SMILES string of the molecule is CCN1CCN(c2cc(C)c3cc(NC(=S)NCCc4ccc(Cl)cc4)ccc3n2)CC1. The molecule has 0 spiro atoms. The predicted molar refractivity (Wildman–Crippen MR) is 140 cm³/mol. The normalized spacial score (nSPS) is 14.5. The molecular weight excluding hydrogens is 438 g/mol. The Bertz CT molecular complexity index is 1080. The van der Waals surface area contributed by atoms with E-state index in [2.05, 4.69) is 52.5 Å². The van der Waals surface area contributed by atoms with Gasteiger partial charge in [-0.1, -0.05) is 30.7 Å². The second-order valence-electron chi connectivity index (χ2n) is 8.21. The van der Waals surface area contributed by atoms with E-state index in [-0.39, 0.29) is 0 Å². The molecule has 0 amide bonds. The number of piperazine rings is 1. The Kier molecular flexibility index (Phi) is 7.45. The van der Waals surface area contributed by atoms with Crippen LogP contribution in [0.4, 0.5) is 11.5 Å². The Morgan fingerprint density at radius 3 is 2.53 bits per heavy atom. The lowest BCUT2D eigenvalue weighted by atomic mass is 10.1. The Hall–Kier alpha value is -2.41. The molecule has 1 fully saturated rings. The molecule has 1 saturated heterocycles. The summed E-state index contributed by atoms with van der Waals surface area (Å²) in [6.07, 6.45) is 0.884. The summed E-state index contributed by atoms with van der Waals surface area (Å²) in [7, 11) is 0. The van der Waals surface area contributed by atoms with E-state index < -0.39 is 0 Å². The number of halogens is 1. The lowest BCUT2D eigenvalue weighted by Crippen LogP contribution is -2.46. The monoisotopic (exact) mass is 467 g/mol. The van der Waals surface area contributed by atoms with Crippen LogP contribution in [-0.4, -0.2) is 54.3 Å². The summed E-state index contributed by atoms with van der Waals surface area (Å²) in [6, 6.07) is 16.4. The first-order chi connectivity index (χ1) is 15.5. The van der Waals surface area contributed by atoms with E-state index in [1.807, 2.05) is 30.3 Å². The van der Waals surface area contributed by atoms with E-state index in [9.17, 15) is 0 Å². The zero-order valence-electron chi connectivity index (χ0n) is 18.7. The number of hydrogen-bond donors (Lipinski definition) is 2. The Balaban J connectivity index is 1.37. The first-order valence-corrected chi connectivity index (χ1v) is 12.0. The van der Waals surface area contributed by atoms with Crippen LogP contribution in [0.1, 0.15) is 18.1 Å². The number of aryl methyl sites for hydroxylation is 1. The molecule has 0 atom stereocenters. The molecule has 1 aliphatic rings. The maximum atomic E-state index is 5.94. The fourth-order valence-corrected chi connectivity index (χ4v) is 4.40. The topological polar surface area (TPSA) is 43.4 Å². The summed E-state index contributed by atoms with van der Waals surface area (Å²) in [5, 5.41) is 9.10. The minimum Gasteiger partial charge on any atom is -0.362 e. The number of benzene rings is 2. The van der Waals surface area contributed by atoms with Crippen molar-refractivity contribution in [3.8, 4) is 0 Å². The van der Waals surface area contributed by atoms with E-state index in [1.54, 1.807) is 0 Å². The molecule has 2 N–H and O–H groups in total. The van der Waals surface area contributed by atoms with Crippen molar-refractivity contribution in [1.29, 1.82) is 0 Å². The molecule has 7 heteroatoms. The third kappa shape index (κ3) is 5.68. The van der Waals surface area contributed by atoms with Gasteiger partial charge >= 0.3 is 0 Å². The summed E-state index contributed by atoms with van der Waals surface area (Å²) >= 11 is 11.4. The van der Waals surface area contributed by atoms with Crippen molar-refractivity contribution < 1.29 is 0 Å². The Morgan fingerprint density at radius 1 is 1.06 bits per heavy atom. The molecule has 4 rings (SSSR count). The van der Waals surface area contributed by atoms with Crippen LogP contribution in [0, 0.1) is 6.92 Å². The Labute approximate surface area is 200 Å². The number of likely N-dealkylation sites (N-methyl/N-ethyl adjacent to an activating group) is 1. The molecule has 2 heterocycles. The van der Waals surface area contributed by atoms with Crippen LogP contribution < -0.4 is 15.5 Å². The van der Waals surface area contributed by atoms with Crippen LogP contribution in [0.15, 0.2) is 48.5 Å². The van der Waals surface area contributed by atoms with Crippen molar-refractivity contribution in [2.24, 2.45) is 0 Å². The van der Waals surface area contributed by atoms with Gasteiger partial charge in [-0.05, 0) is 79.6 Å². The number of thiocarbonyl (C=S) groups is 1. The Morgan fingerprint density at radius 2 is 1.81 bits per heavy atom. The molecule has 0 aliphatic carbocycles. The second kappa shape index (κ2) is 10.5. The van der Waals surface area contributed by atoms with Crippen LogP contribution >= 0.6 is 23.8 Å². The number of nitrogens with zero attached hydrogens (tertiary/aromatic N) is 3. The molecule has 168 valence electrons. The maximum Gasteiger partial charge on any atom is 0.170 e. The third-order valence-electron chi connectivity index (χ3n) is 6.02. The predicted octanol–water partition coefficient (Wildman–Crippen LogP) is 4.87. The number of pyridine rings is 1. The molecule has 1 aromatic heterocycles. The summed E-state index contributed by atoms with van der Waals surface area (Å²) in [4.78, 5) is 9.82. The van der Waals surface area contributed by atoms with Crippen molar-refractivity contribution in [3.63, 3.8) is 0 Å². The maximum absolute atomic E-state index is 5.94. The minimum absolute atomic E-state index is 0.620. The average molecular weight is 468 g/mol. The summed E-state index contributed by atoms with van der Waals surface area (Å²) in [5.74, 6) is 1.07. The molecule has 0 unspecified atom stereocenters. The van der Waals surface area contributed by atoms with Crippen molar-refractivity contribution in [3.05, 3.63) is 64.7 Å². The van der Waals surface area contributed by atoms with Gasteiger partial charge in [-0.25, -0.2) is 4.98 Å². The highest BCUT2D eigenvalue weighted by molar-refractivity contribution is 7.80. The zero-order chi connectivity index (χ0) is 22.5. The number of fused-ring (bicyclic) bond motifs is 1. The van der Waals surface area contributed by atoms with E-state index in [4.69, 9.17) is 28.8 Å². The summed E-state index contributed by atoms with van der Waals surface area (Å²) in [6.45, 7) is 10.5. The van der Waals surface area contributed by atoms with Gasteiger partial charge in [0.1, 0.15) is 5.82 Å². The lowest BCUT2D eigenvalue weighted by molar-refractivity contribution is 0.270. The van der Waals surface area contributed by atoms with Gasteiger partial charge in [-0.2, -0.15) is 0 Å². The van der Waals surface area contributed by atoms with Gasteiger partial charge in [0.05, 0.1) is 5.52 Å². The molecule has 0 bridgehead atoms. The van der Waals surface area contributed by atoms with Crippen LogP contribution in [-0.2, 0) is 6.42 Å². The van der Waals surface area contributed by atoms with Crippen molar-refractivity contribution >= 4 is 51.3 Å². The smallest absolute Gasteiger partial charge is 0.170 e. The summed E-state index contributed by atoms with van der Waals surface area (Å²) < 4.78 is 0. The van der Waals surface area contributed by atoms with Gasteiger partial charge in [0, 0.05) is 48.8 Å². The number of nitrogens with one attached hydrogen (secondary N) is 2. The van der Waals surface area contributed by atoms with Crippen LogP contribution in [0.2, 0.25) is 5.02 Å². The van der Waals surface area contributed by atoms with E-state index in [0.29, 0.717) is 5.11 Å². The first-order valence-electron chi connectivity index (χ1n) is 11.2. The standard InChI is InChI=1S/C25H30ClN5S/c1-3-30-12-14-31(15-13-30)24-16-18(2)22-17-21(8-9-23(22)29-24)28-25(32)27-11-10-19-4-6-20(26)7-5-19/h4-9,16-17H,3,10-15H2,1-2H3,(H2,27,28,32). The van der Waals surface area contributed by atoms with Gasteiger partial charge in [-0.3, -0.25) is 0 Å². The average Bonchev–Trinajstić information content (AvgIpc) is 2.81. The highest BCUT2D eigenvalue weighted by Crippen LogP contribution is 2.26. The number of aromatic nitrogens is 1. The number of rotatable bonds is 6. The molecule has 5 nitrogen and oxygen atoms in total. The quantitative estimate of drug-likeness (QED) is 0.504. The van der Waals surface area contributed by atoms with E-state index >= 15 is 0 Å². The molecule has 3 aromatic rings. The van der Waals surface area contributed by atoms with Gasteiger partial charge < -0.3 is 20.4 Å². The van der Waals surface area contributed by atoms with Gasteiger partial charge in [0.25, 0.3) is 0 Å². The van der Waals surface area contributed by atoms with Gasteiger partial charge in [-0.15, -0.1) is 0 Å². The van der Waals surface area contributed by atoms with Crippen molar-refractivity contribution in [2.45, 2.75) is 20.3 Å². The molecule has 1 aliphatic heterocycles. The van der Waals surface area contributed by atoms with Gasteiger partial charge in [0.15, 0.2) is 5.11 Å². The second-order valence-corrected chi connectivity index (χ2v) is 9.05. The fraction of sp³-hybridized carbons (Fsp3) is 0.360.